The van der Waals surface area contributed by atoms with Crippen molar-refractivity contribution in [1.29, 1.82) is 0 Å². The molecule has 0 aromatic rings. The maximum absolute atomic E-state index is 12.8. The Morgan fingerprint density at radius 1 is 0.938 bits per heavy atom. The molecule has 0 atom stereocenters. The number of alkyl halides is 2. The number of rotatable bonds is 2. The summed E-state index contributed by atoms with van der Waals surface area (Å²) in [5.74, 6) is -4.53. The van der Waals surface area contributed by atoms with E-state index in [1.54, 1.807) is 0 Å². The molecular weight excluding hydrogens is 212 g/mol. The van der Waals surface area contributed by atoms with Crippen molar-refractivity contribution >= 4 is 5.91 Å². The van der Waals surface area contributed by atoms with Gasteiger partial charge in [0.1, 0.15) is 0 Å². The third kappa shape index (κ3) is 4.45. The lowest BCUT2D eigenvalue weighted by Crippen LogP contribution is -2.54. The molecule has 4 heteroatoms. The molecule has 0 bridgehead atoms. The first-order valence-corrected chi connectivity index (χ1v) is 5.45. The number of hydrogen-bond donors (Lipinski definition) is 1. The lowest BCUT2D eigenvalue weighted by Gasteiger charge is -2.41. The zero-order valence-corrected chi connectivity index (χ0v) is 11.2. The topological polar surface area (TPSA) is 29.1 Å². The van der Waals surface area contributed by atoms with E-state index >= 15 is 0 Å². The highest BCUT2D eigenvalue weighted by Gasteiger charge is 2.41. The summed E-state index contributed by atoms with van der Waals surface area (Å²) in [6.07, 6.45) is 0. The van der Waals surface area contributed by atoms with Crippen LogP contribution < -0.4 is 5.32 Å². The van der Waals surface area contributed by atoms with Crippen LogP contribution in [-0.4, -0.2) is 17.9 Å². The number of hydrogen-bond acceptors (Lipinski definition) is 1. The molecule has 0 rings (SSSR count). The number of halogens is 2. The Kier molecular flexibility index (Phi) is 4.12. The molecule has 0 aromatic heterocycles. The van der Waals surface area contributed by atoms with Crippen molar-refractivity contribution in [1.82, 2.24) is 5.32 Å². The number of amides is 1. The normalized spacial score (nSPS) is 14.1. The molecule has 0 aromatic carbocycles. The van der Waals surface area contributed by atoms with Gasteiger partial charge in [-0.25, -0.2) is 0 Å². The molecule has 0 aliphatic heterocycles. The highest BCUT2D eigenvalue weighted by atomic mass is 19.3. The van der Waals surface area contributed by atoms with Crippen molar-refractivity contribution in [3.8, 4) is 0 Å². The van der Waals surface area contributed by atoms with Crippen LogP contribution in [0.15, 0.2) is 0 Å². The third-order valence-electron chi connectivity index (χ3n) is 2.41. The van der Waals surface area contributed by atoms with Gasteiger partial charge in [-0.15, -0.1) is 0 Å². The number of nitrogens with one attached hydrogen (secondary N) is 1. The Hall–Kier alpha value is -0.670. The lowest BCUT2D eigenvalue weighted by atomic mass is 9.72. The van der Waals surface area contributed by atoms with Crippen LogP contribution in [0.2, 0.25) is 0 Å². The van der Waals surface area contributed by atoms with Crippen molar-refractivity contribution in [2.45, 2.75) is 60.4 Å². The van der Waals surface area contributed by atoms with Crippen LogP contribution in [0.5, 0.6) is 0 Å². The zero-order valence-electron chi connectivity index (χ0n) is 11.2. The van der Waals surface area contributed by atoms with Crippen LogP contribution in [0.1, 0.15) is 48.5 Å². The summed E-state index contributed by atoms with van der Waals surface area (Å²) in [6.45, 7) is 12.2. The summed E-state index contributed by atoms with van der Waals surface area (Å²) in [6, 6.07) is -0.307. The molecule has 0 heterocycles. The summed E-state index contributed by atoms with van der Waals surface area (Å²) >= 11 is 0. The van der Waals surface area contributed by atoms with Crippen LogP contribution >= 0.6 is 0 Å². The lowest BCUT2D eigenvalue weighted by molar-refractivity contribution is -0.145. The second-order valence-corrected chi connectivity index (χ2v) is 6.53. The minimum Gasteiger partial charge on any atom is -0.347 e. The predicted octanol–water partition coefficient (Wildman–Crippen LogP) is 3.22. The first kappa shape index (κ1) is 15.3. The van der Waals surface area contributed by atoms with Crippen molar-refractivity contribution in [3.05, 3.63) is 0 Å². The highest BCUT2D eigenvalue weighted by molar-refractivity contribution is 5.83. The standard InChI is InChI=1S/C12H23F2NO/c1-10(2,3)8(11(4,5)6)15-9(16)12(7,13)14/h8H,1-7H3,(H,15,16). The Labute approximate surface area is 96.8 Å². The molecule has 0 fully saturated rings. The highest BCUT2D eigenvalue weighted by Crippen LogP contribution is 2.33. The van der Waals surface area contributed by atoms with Gasteiger partial charge in [0.05, 0.1) is 0 Å². The van der Waals surface area contributed by atoms with Crippen molar-refractivity contribution in [2.24, 2.45) is 10.8 Å². The minimum absolute atomic E-state index is 0.265. The largest absolute Gasteiger partial charge is 0.347 e. The summed E-state index contributed by atoms with van der Waals surface area (Å²) in [5, 5.41) is 2.45. The minimum atomic E-state index is -3.32. The summed E-state index contributed by atoms with van der Waals surface area (Å²) in [7, 11) is 0. The van der Waals surface area contributed by atoms with Crippen LogP contribution in [-0.2, 0) is 4.79 Å². The van der Waals surface area contributed by atoms with Gasteiger partial charge in [-0.3, -0.25) is 4.79 Å². The van der Waals surface area contributed by atoms with Crippen molar-refractivity contribution in [2.75, 3.05) is 0 Å². The van der Waals surface area contributed by atoms with E-state index in [0.717, 1.165) is 0 Å². The molecule has 0 spiro atoms. The van der Waals surface area contributed by atoms with Gasteiger partial charge in [0.15, 0.2) is 0 Å². The monoisotopic (exact) mass is 235 g/mol. The van der Waals surface area contributed by atoms with Gasteiger partial charge >= 0.3 is 5.92 Å². The molecule has 96 valence electrons. The van der Waals surface area contributed by atoms with E-state index in [-0.39, 0.29) is 16.9 Å². The Balaban J connectivity index is 4.93. The molecule has 0 unspecified atom stereocenters. The van der Waals surface area contributed by atoms with Gasteiger partial charge in [-0.2, -0.15) is 8.78 Å². The fourth-order valence-electron chi connectivity index (χ4n) is 1.99. The molecule has 0 saturated heterocycles. The summed E-state index contributed by atoms with van der Waals surface area (Å²) in [5.41, 5.74) is -0.529. The third-order valence-corrected chi connectivity index (χ3v) is 2.41. The second kappa shape index (κ2) is 4.30. The van der Waals surface area contributed by atoms with Gasteiger partial charge in [-0.05, 0) is 10.8 Å². The quantitative estimate of drug-likeness (QED) is 0.782. The Morgan fingerprint density at radius 2 is 1.25 bits per heavy atom. The van der Waals surface area contributed by atoms with E-state index in [1.807, 2.05) is 41.5 Å². The second-order valence-electron chi connectivity index (χ2n) is 6.53. The van der Waals surface area contributed by atoms with E-state index in [0.29, 0.717) is 6.92 Å². The maximum Gasteiger partial charge on any atom is 0.321 e. The Morgan fingerprint density at radius 3 is 1.44 bits per heavy atom. The fraction of sp³-hybridized carbons (Fsp3) is 0.917. The average molecular weight is 235 g/mol. The number of carbonyl (C=O) groups is 1. The van der Waals surface area contributed by atoms with Gasteiger partial charge in [-0.1, -0.05) is 41.5 Å². The van der Waals surface area contributed by atoms with Crippen LogP contribution in [0.4, 0.5) is 8.78 Å². The van der Waals surface area contributed by atoms with E-state index in [1.165, 1.54) is 0 Å². The molecule has 0 radical (unpaired) electrons. The van der Waals surface area contributed by atoms with Gasteiger partial charge in [0, 0.05) is 13.0 Å². The first-order valence-electron chi connectivity index (χ1n) is 5.45. The smallest absolute Gasteiger partial charge is 0.321 e. The summed E-state index contributed by atoms with van der Waals surface area (Å²) in [4.78, 5) is 11.3. The first-order chi connectivity index (χ1) is 6.76. The SMILES string of the molecule is CC(F)(F)C(=O)NC(C(C)(C)C)C(C)(C)C. The maximum atomic E-state index is 12.8. The molecular formula is C12H23F2NO. The van der Waals surface area contributed by atoms with E-state index in [9.17, 15) is 13.6 Å². The zero-order chi connectivity index (χ0) is 13.4. The fourth-order valence-corrected chi connectivity index (χ4v) is 1.99. The summed E-state index contributed by atoms with van der Waals surface area (Å²) < 4.78 is 25.7. The predicted molar refractivity (Wildman–Crippen MR) is 61.5 cm³/mol. The molecule has 1 N–H and O–H groups in total. The average Bonchev–Trinajstić information content (AvgIpc) is 1.92. The van der Waals surface area contributed by atoms with E-state index in [4.69, 9.17) is 0 Å². The van der Waals surface area contributed by atoms with E-state index < -0.39 is 11.8 Å². The molecule has 2 nitrogen and oxygen atoms in total. The van der Waals surface area contributed by atoms with Gasteiger partial charge in [0.25, 0.3) is 5.91 Å². The number of carbonyl (C=O) groups excluding carboxylic acids is 1. The molecule has 0 saturated carbocycles. The molecule has 0 aliphatic rings. The van der Waals surface area contributed by atoms with Crippen molar-refractivity contribution in [3.63, 3.8) is 0 Å². The van der Waals surface area contributed by atoms with Crippen LogP contribution in [0.3, 0.4) is 0 Å². The molecule has 0 aliphatic carbocycles. The van der Waals surface area contributed by atoms with Crippen LogP contribution in [0.25, 0.3) is 0 Å². The van der Waals surface area contributed by atoms with Crippen LogP contribution in [0, 0.1) is 10.8 Å². The Bertz CT molecular complexity index is 242. The van der Waals surface area contributed by atoms with Gasteiger partial charge < -0.3 is 5.32 Å². The van der Waals surface area contributed by atoms with E-state index in [2.05, 4.69) is 5.32 Å². The molecule has 1 amide bonds. The van der Waals surface area contributed by atoms with Crippen molar-refractivity contribution < 1.29 is 13.6 Å². The molecule has 16 heavy (non-hydrogen) atoms. The van der Waals surface area contributed by atoms with Gasteiger partial charge in [0.2, 0.25) is 0 Å².